The third-order valence-electron chi connectivity index (χ3n) is 4.36. The molecule has 2 rings (SSSR count). The first-order valence-corrected chi connectivity index (χ1v) is 7.62. The lowest BCUT2D eigenvalue weighted by molar-refractivity contribution is -0.132. The van der Waals surface area contributed by atoms with Crippen molar-refractivity contribution in [3.63, 3.8) is 0 Å². The number of likely N-dealkylation sites (N-methyl/N-ethyl adjacent to an activating group) is 1. The lowest BCUT2D eigenvalue weighted by Gasteiger charge is -2.34. The number of nitrogens with zero attached hydrogens (tertiary/aromatic N) is 4. The zero-order valence-electron chi connectivity index (χ0n) is 13.8. The quantitative estimate of drug-likeness (QED) is 0.812. The van der Waals surface area contributed by atoms with Gasteiger partial charge in [0.2, 0.25) is 11.8 Å². The van der Waals surface area contributed by atoms with Gasteiger partial charge in [0.25, 0.3) is 0 Å². The van der Waals surface area contributed by atoms with Crippen LogP contribution in [0.15, 0.2) is 0 Å². The van der Waals surface area contributed by atoms with E-state index in [-0.39, 0.29) is 11.8 Å². The Morgan fingerprint density at radius 1 is 1.18 bits per heavy atom. The fourth-order valence-corrected chi connectivity index (χ4v) is 2.77. The number of nitrogens with one attached hydrogen (secondary N) is 1. The molecule has 2 heterocycles. The van der Waals surface area contributed by atoms with Gasteiger partial charge < -0.3 is 10.2 Å². The van der Waals surface area contributed by atoms with Crippen LogP contribution in [-0.4, -0.2) is 71.2 Å². The van der Waals surface area contributed by atoms with E-state index in [1.807, 2.05) is 30.5 Å². The summed E-state index contributed by atoms with van der Waals surface area (Å²) in [6.07, 6.45) is 0.404. The van der Waals surface area contributed by atoms with E-state index in [1.54, 1.807) is 7.05 Å². The molecule has 1 aliphatic heterocycles. The Balaban J connectivity index is 1.89. The van der Waals surface area contributed by atoms with Gasteiger partial charge in [-0.2, -0.15) is 5.10 Å². The van der Waals surface area contributed by atoms with E-state index < -0.39 is 0 Å². The maximum Gasteiger partial charge on any atom is 0.233 e. The van der Waals surface area contributed by atoms with Crippen molar-refractivity contribution in [2.45, 2.75) is 20.3 Å². The molecule has 7 nitrogen and oxygen atoms in total. The van der Waals surface area contributed by atoms with E-state index in [9.17, 15) is 9.59 Å². The van der Waals surface area contributed by atoms with Gasteiger partial charge in [-0.3, -0.25) is 19.2 Å². The number of hydrogen-bond donors (Lipinski definition) is 1. The first-order valence-electron chi connectivity index (χ1n) is 7.62. The van der Waals surface area contributed by atoms with E-state index in [2.05, 4.69) is 15.3 Å². The summed E-state index contributed by atoms with van der Waals surface area (Å²) in [6, 6.07) is 0. The van der Waals surface area contributed by atoms with Crippen LogP contribution in [0.1, 0.15) is 17.0 Å². The van der Waals surface area contributed by atoms with Crippen molar-refractivity contribution in [2.24, 2.45) is 7.05 Å². The summed E-state index contributed by atoms with van der Waals surface area (Å²) in [5.41, 5.74) is 3.00. The first-order chi connectivity index (χ1) is 10.4. The molecule has 0 radical (unpaired) electrons. The minimum absolute atomic E-state index is 0.0152. The van der Waals surface area contributed by atoms with Gasteiger partial charge in [-0.05, 0) is 13.8 Å². The van der Waals surface area contributed by atoms with E-state index in [0.717, 1.165) is 30.0 Å². The molecule has 0 unspecified atom stereocenters. The standard InChI is InChI=1S/C15H25N5O2/c1-11-13(12(2)18(4)17-11)9-15(22)20-7-5-19(6-8-20)10-14(21)16-3/h5-10H2,1-4H3,(H,16,21). The molecule has 0 aliphatic carbocycles. The van der Waals surface area contributed by atoms with Gasteiger partial charge in [0.05, 0.1) is 18.7 Å². The van der Waals surface area contributed by atoms with Gasteiger partial charge in [-0.15, -0.1) is 0 Å². The lowest BCUT2D eigenvalue weighted by atomic mass is 10.1. The van der Waals surface area contributed by atoms with E-state index in [1.165, 1.54) is 0 Å². The molecule has 0 aromatic carbocycles. The Hall–Kier alpha value is -1.89. The number of carbonyl (C=O) groups excluding carboxylic acids is 2. The summed E-state index contributed by atoms with van der Waals surface area (Å²) >= 11 is 0. The van der Waals surface area contributed by atoms with E-state index >= 15 is 0 Å². The molecular formula is C15H25N5O2. The monoisotopic (exact) mass is 307 g/mol. The molecule has 2 amide bonds. The van der Waals surface area contributed by atoms with Crippen molar-refractivity contribution in [2.75, 3.05) is 39.8 Å². The molecule has 1 aromatic heterocycles. The zero-order valence-corrected chi connectivity index (χ0v) is 13.8. The molecule has 122 valence electrons. The Labute approximate surface area is 131 Å². The van der Waals surface area contributed by atoms with Crippen molar-refractivity contribution in [3.8, 4) is 0 Å². The van der Waals surface area contributed by atoms with Crippen LogP contribution in [0.5, 0.6) is 0 Å². The molecule has 0 atom stereocenters. The van der Waals surface area contributed by atoms with Crippen LogP contribution in [0.4, 0.5) is 0 Å². The van der Waals surface area contributed by atoms with Crippen LogP contribution >= 0.6 is 0 Å². The van der Waals surface area contributed by atoms with E-state index in [0.29, 0.717) is 26.1 Å². The predicted molar refractivity (Wildman–Crippen MR) is 83.5 cm³/mol. The summed E-state index contributed by atoms with van der Waals surface area (Å²) in [5, 5.41) is 6.98. The molecule has 1 aliphatic rings. The lowest BCUT2D eigenvalue weighted by Crippen LogP contribution is -2.51. The molecule has 7 heteroatoms. The summed E-state index contributed by atoms with van der Waals surface area (Å²) in [6.45, 7) is 7.16. The molecule has 0 spiro atoms. The highest BCUT2D eigenvalue weighted by Gasteiger charge is 2.23. The highest BCUT2D eigenvalue weighted by Crippen LogP contribution is 2.14. The highest BCUT2D eigenvalue weighted by atomic mass is 16.2. The van der Waals surface area contributed by atoms with Gasteiger partial charge in [0, 0.05) is 51.5 Å². The molecule has 22 heavy (non-hydrogen) atoms. The molecule has 0 saturated carbocycles. The second kappa shape index (κ2) is 6.91. The van der Waals surface area contributed by atoms with Gasteiger partial charge in [0.1, 0.15) is 0 Å². The number of amides is 2. The third kappa shape index (κ3) is 3.65. The number of aryl methyl sites for hydroxylation is 2. The Morgan fingerprint density at radius 3 is 2.32 bits per heavy atom. The second-order valence-electron chi connectivity index (χ2n) is 5.78. The average molecular weight is 307 g/mol. The largest absolute Gasteiger partial charge is 0.358 e. The fourth-order valence-electron chi connectivity index (χ4n) is 2.77. The van der Waals surface area contributed by atoms with Gasteiger partial charge in [-0.1, -0.05) is 0 Å². The average Bonchev–Trinajstić information content (AvgIpc) is 2.74. The van der Waals surface area contributed by atoms with Crippen molar-refractivity contribution in [3.05, 3.63) is 17.0 Å². The first kappa shape index (κ1) is 16.5. The van der Waals surface area contributed by atoms with Crippen molar-refractivity contribution in [1.82, 2.24) is 24.9 Å². The van der Waals surface area contributed by atoms with Crippen molar-refractivity contribution < 1.29 is 9.59 Å². The van der Waals surface area contributed by atoms with Crippen LogP contribution in [0.3, 0.4) is 0 Å². The van der Waals surface area contributed by atoms with Gasteiger partial charge in [0.15, 0.2) is 0 Å². The Kier molecular flexibility index (Phi) is 5.18. The summed E-state index contributed by atoms with van der Waals surface area (Å²) in [5.74, 6) is 0.153. The number of aromatic nitrogens is 2. The number of carbonyl (C=O) groups is 2. The molecule has 0 bridgehead atoms. The number of hydrogen-bond acceptors (Lipinski definition) is 4. The van der Waals surface area contributed by atoms with Crippen LogP contribution < -0.4 is 5.32 Å². The molecule has 1 N–H and O–H groups in total. The summed E-state index contributed by atoms with van der Waals surface area (Å²) < 4.78 is 1.82. The summed E-state index contributed by atoms with van der Waals surface area (Å²) in [7, 11) is 3.54. The maximum atomic E-state index is 12.5. The number of piperazine rings is 1. The topological polar surface area (TPSA) is 70.5 Å². The normalized spacial score (nSPS) is 15.9. The van der Waals surface area contributed by atoms with Gasteiger partial charge >= 0.3 is 0 Å². The van der Waals surface area contributed by atoms with Gasteiger partial charge in [-0.25, -0.2) is 0 Å². The van der Waals surface area contributed by atoms with Crippen LogP contribution in [-0.2, 0) is 23.1 Å². The zero-order chi connectivity index (χ0) is 16.3. The fraction of sp³-hybridized carbons (Fsp3) is 0.667. The van der Waals surface area contributed by atoms with Crippen LogP contribution in [0.2, 0.25) is 0 Å². The maximum absolute atomic E-state index is 12.5. The Morgan fingerprint density at radius 2 is 1.82 bits per heavy atom. The highest BCUT2D eigenvalue weighted by molar-refractivity contribution is 5.80. The predicted octanol–water partition coefficient (Wildman–Crippen LogP) is -0.530. The smallest absolute Gasteiger partial charge is 0.233 e. The number of rotatable bonds is 4. The summed E-state index contributed by atoms with van der Waals surface area (Å²) in [4.78, 5) is 27.8. The third-order valence-corrected chi connectivity index (χ3v) is 4.36. The minimum atomic E-state index is 0.0152. The SMILES string of the molecule is CNC(=O)CN1CCN(C(=O)Cc2c(C)nn(C)c2C)CC1. The van der Waals surface area contributed by atoms with Crippen LogP contribution in [0.25, 0.3) is 0 Å². The van der Waals surface area contributed by atoms with Crippen molar-refractivity contribution >= 4 is 11.8 Å². The Bertz CT molecular complexity index is 559. The molecule has 1 aromatic rings. The van der Waals surface area contributed by atoms with Crippen molar-refractivity contribution in [1.29, 1.82) is 0 Å². The minimum Gasteiger partial charge on any atom is -0.358 e. The second-order valence-corrected chi connectivity index (χ2v) is 5.78. The molecule has 1 saturated heterocycles. The molecule has 1 fully saturated rings. The van der Waals surface area contributed by atoms with E-state index in [4.69, 9.17) is 0 Å². The molecular weight excluding hydrogens is 282 g/mol. The van der Waals surface area contributed by atoms with Crippen LogP contribution in [0, 0.1) is 13.8 Å².